The lowest BCUT2D eigenvalue weighted by molar-refractivity contribution is -0.118. The van der Waals surface area contributed by atoms with E-state index in [2.05, 4.69) is 20.8 Å². The highest BCUT2D eigenvalue weighted by molar-refractivity contribution is 5.95. The zero-order valence-electron chi connectivity index (χ0n) is 14.0. The normalized spacial score (nSPS) is 14.5. The summed E-state index contributed by atoms with van der Waals surface area (Å²) in [6, 6.07) is 4.51. The Morgan fingerprint density at radius 2 is 2.20 bits per heavy atom. The van der Waals surface area contributed by atoms with Gasteiger partial charge < -0.3 is 20.5 Å². The van der Waals surface area contributed by atoms with Crippen molar-refractivity contribution in [3.8, 4) is 11.4 Å². The van der Waals surface area contributed by atoms with E-state index < -0.39 is 6.04 Å². The second kappa shape index (κ2) is 8.24. The summed E-state index contributed by atoms with van der Waals surface area (Å²) in [6.45, 7) is 0.146. The number of methoxy groups -OCH3 is 2. The highest BCUT2D eigenvalue weighted by Gasteiger charge is 2.30. The van der Waals surface area contributed by atoms with E-state index in [1.807, 2.05) is 0 Å². The number of amides is 1. The zero-order chi connectivity index (χ0) is 17.1. The van der Waals surface area contributed by atoms with E-state index >= 15 is 0 Å². The van der Waals surface area contributed by atoms with Gasteiger partial charge in [0.1, 0.15) is 17.5 Å². The molecule has 3 rings (SSSR count). The molecule has 1 heterocycles. The SMILES string of the molecule is COCC(N)C(=O)Nc1ccc(OC)c(-n2nnnc2C2CC2)c1.Cl. The fraction of sp³-hybridized carbons (Fsp3) is 0.467. The van der Waals surface area contributed by atoms with Crippen molar-refractivity contribution in [3.63, 3.8) is 0 Å². The van der Waals surface area contributed by atoms with Crippen molar-refractivity contribution < 1.29 is 14.3 Å². The molecular formula is C15H21ClN6O3. The third-order valence-electron chi connectivity index (χ3n) is 3.79. The van der Waals surface area contributed by atoms with Crippen LogP contribution in [0.4, 0.5) is 5.69 Å². The van der Waals surface area contributed by atoms with E-state index in [1.54, 1.807) is 30.0 Å². The van der Waals surface area contributed by atoms with Gasteiger partial charge in [-0.3, -0.25) is 4.79 Å². The lowest BCUT2D eigenvalue weighted by Crippen LogP contribution is -2.39. The van der Waals surface area contributed by atoms with Crippen LogP contribution in [0.15, 0.2) is 18.2 Å². The van der Waals surface area contributed by atoms with Crippen LogP contribution in [-0.4, -0.2) is 53.0 Å². The first-order valence-corrected chi connectivity index (χ1v) is 7.66. The maximum absolute atomic E-state index is 12.0. The number of rotatable bonds is 7. The van der Waals surface area contributed by atoms with Crippen LogP contribution < -0.4 is 15.8 Å². The Balaban J connectivity index is 0.00000225. The van der Waals surface area contributed by atoms with Gasteiger partial charge in [0.05, 0.1) is 13.7 Å². The number of carbonyl (C=O) groups is 1. The van der Waals surface area contributed by atoms with Gasteiger partial charge in [-0.05, 0) is 41.5 Å². The van der Waals surface area contributed by atoms with E-state index in [1.165, 1.54) is 7.11 Å². The average Bonchev–Trinajstić information content (AvgIpc) is 3.31. The Morgan fingerprint density at radius 3 is 2.84 bits per heavy atom. The predicted octanol–water partition coefficient (Wildman–Crippen LogP) is 0.882. The van der Waals surface area contributed by atoms with Gasteiger partial charge in [0.2, 0.25) is 5.91 Å². The van der Waals surface area contributed by atoms with Gasteiger partial charge in [0, 0.05) is 18.7 Å². The average molecular weight is 369 g/mol. The van der Waals surface area contributed by atoms with Crippen molar-refractivity contribution in [1.82, 2.24) is 20.2 Å². The number of benzene rings is 1. The van der Waals surface area contributed by atoms with Crippen molar-refractivity contribution in [2.75, 3.05) is 26.1 Å². The second-order valence-corrected chi connectivity index (χ2v) is 5.66. The number of carbonyl (C=O) groups excluding carboxylic acids is 1. The number of nitrogens with one attached hydrogen (secondary N) is 1. The number of ether oxygens (including phenoxy) is 2. The topological polar surface area (TPSA) is 117 Å². The van der Waals surface area contributed by atoms with E-state index in [-0.39, 0.29) is 24.9 Å². The minimum atomic E-state index is -0.740. The largest absolute Gasteiger partial charge is 0.494 e. The molecule has 1 saturated carbocycles. The molecule has 1 aliphatic carbocycles. The van der Waals surface area contributed by atoms with Crippen molar-refractivity contribution >= 4 is 24.0 Å². The number of hydrogen-bond donors (Lipinski definition) is 2. The Bertz CT molecular complexity index is 734. The molecule has 1 aromatic heterocycles. The maximum Gasteiger partial charge on any atom is 0.243 e. The van der Waals surface area contributed by atoms with Crippen LogP contribution in [0, 0.1) is 0 Å². The summed E-state index contributed by atoms with van der Waals surface area (Å²) in [4.78, 5) is 12.0. The number of aromatic nitrogens is 4. The zero-order valence-corrected chi connectivity index (χ0v) is 14.8. The molecule has 0 bridgehead atoms. The molecule has 0 spiro atoms. The number of nitrogens with two attached hydrogens (primary N) is 1. The van der Waals surface area contributed by atoms with Gasteiger partial charge in [-0.25, -0.2) is 0 Å². The van der Waals surface area contributed by atoms with Crippen molar-refractivity contribution in [1.29, 1.82) is 0 Å². The first kappa shape index (κ1) is 19.1. The summed E-state index contributed by atoms with van der Waals surface area (Å²) in [7, 11) is 3.07. The third kappa shape index (κ3) is 4.25. The Hall–Kier alpha value is -2.23. The minimum absolute atomic E-state index is 0. The molecular weight excluding hydrogens is 348 g/mol. The number of halogens is 1. The third-order valence-corrected chi connectivity index (χ3v) is 3.79. The molecule has 2 aromatic rings. The van der Waals surface area contributed by atoms with Crippen LogP contribution in [0.3, 0.4) is 0 Å². The number of nitrogens with zero attached hydrogens (tertiary/aromatic N) is 4. The molecule has 3 N–H and O–H groups in total. The molecule has 136 valence electrons. The molecule has 10 heteroatoms. The Labute approximate surface area is 151 Å². The van der Waals surface area contributed by atoms with Crippen LogP contribution in [0.5, 0.6) is 5.75 Å². The van der Waals surface area contributed by atoms with E-state index in [4.69, 9.17) is 15.2 Å². The second-order valence-electron chi connectivity index (χ2n) is 5.66. The summed E-state index contributed by atoms with van der Waals surface area (Å²) in [6.07, 6.45) is 2.15. The Morgan fingerprint density at radius 1 is 1.44 bits per heavy atom. The lowest BCUT2D eigenvalue weighted by Gasteiger charge is -2.14. The molecule has 1 amide bonds. The minimum Gasteiger partial charge on any atom is -0.494 e. The molecule has 1 aliphatic rings. The van der Waals surface area contributed by atoms with Gasteiger partial charge in [0.15, 0.2) is 5.82 Å². The molecule has 0 radical (unpaired) electrons. The monoisotopic (exact) mass is 368 g/mol. The lowest BCUT2D eigenvalue weighted by atomic mass is 10.2. The highest BCUT2D eigenvalue weighted by Crippen LogP contribution is 2.40. The maximum atomic E-state index is 12.0. The van der Waals surface area contributed by atoms with Crippen molar-refractivity contribution in [2.45, 2.75) is 24.8 Å². The standard InChI is InChI=1S/C15H20N6O3.ClH/c1-23-8-11(16)15(22)17-10-5-6-13(24-2)12(7-10)21-14(9-3-4-9)18-19-20-21;/h5-7,9,11H,3-4,8,16H2,1-2H3,(H,17,22);1H. The predicted molar refractivity (Wildman–Crippen MR) is 93.4 cm³/mol. The summed E-state index contributed by atoms with van der Waals surface area (Å²) in [5.74, 6) is 1.46. The van der Waals surface area contributed by atoms with Crippen LogP contribution in [-0.2, 0) is 9.53 Å². The van der Waals surface area contributed by atoms with Gasteiger partial charge in [-0.1, -0.05) is 0 Å². The van der Waals surface area contributed by atoms with Gasteiger partial charge >= 0.3 is 0 Å². The summed E-state index contributed by atoms with van der Waals surface area (Å²) >= 11 is 0. The van der Waals surface area contributed by atoms with Crippen LogP contribution >= 0.6 is 12.4 Å². The first-order chi connectivity index (χ1) is 11.6. The van der Waals surface area contributed by atoms with Gasteiger partial charge in [-0.2, -0.15) is 4.68 Å². The molecule has 1 aromatic carbocycles. The summed E-state index contributed by atoms with van der Waals surface area (Å²) in [5.41, 5.74) is 6.99. The quantitative estimate of drug-likeness (QED) is 0.744. The van der Waals surface area contributed by atoms with Crippen LogP contribution in [0.2, 0.25) is 0 Å². The van der Waals surface area contributed by atoms with Crippen molar-refractivity contribution in [3.05, 3.63) is 24.0 Å². The van der Waals surface area contributed by atoms with E-state index in [0.29, 0.717) is 23.0 Å². The van der Waals surface area contributed by atoms with E-state index in [0.717, 1.165) is 18.7 Å². The highest BCUT2D eigenvalue weighted by atomic mass is 35.5. The number of hydrogen-bond acceptors (Lipinski definition) is 7. The fourth-order valence-electron chi connectivity index (χ4n) is 2.39. The molecule has 9 nitrogen and oxygen atoms in total. The summed E-state index contributed by atoms with van der Waals surface area (Å²) < 4.78 is 11.9. The van der Waals surface area contributed by atoms with Gasteiger partial charge in [-0.15, -0.1) is 17.5 Å². The fourth-order valence-corrected chi connectivity index (χ4v) is 2.39. The Kier molecular flexibility index (Phi) is 6.29. The number of tetrazole rings is 1. The smallest absolute Gasteiger partial charge is 0.243 e. The number of anilines is 1. The van der Waals surface area contributed by atoms with Gasteiger partial charge in [0.25, 0.3) is 0 Å². The van der Waals surface area contributed by atoms with Crippen LogP contribution in [0.25, 0.3) is 5.69 Å². The molecule has 1 unspecified atom stereocenters. The van der Waals surface area contributed by atoms with Crippen LogP contribution in [0.1, 0.15) is 24.6 Å². The van der Waals surface area contributed by atoms with E-state index in [9.17, 15) is 4.79 Å². The molecule has 1 fully saturated rings. The molecule has 1 atom stereocenters. The molecule has 0 aliphatic heterocycles. The summed E-state index contributed by atoms with van der Waals surface area (Å²) in [5, 5.41) is 14.7. The molecule has 25 heavy (non-hydrogen) atoms. The van der Waals surface area contributed by atoms with Crippen molar-refractivity contribution in [2.24, 2.45) is 5.73 Å². The molecule has 0 saturated heterocycles. The first-order valence-electron chi connectivity index (χ1n) is 7.66.